The molecule has 0 radical (unpaired) electrons. The molecule has 116 valence electrons. The zero-order valence-electron chi connectivity index (χ0n) is 12.2. The number of anilines is 2. The molecule has 0 atom stereocenters. The topological polar surface area (TPSA) is 85.0 Å². The lowest BCUT2D eigenvalue weighted by atomic mass is 10.1. The quantitative estimate of drug-likeness (QED) is 0.623. The number of methoxy groups -OCH3 is 1. The van der Waals surface area contributed by atoms with Crippen LogP contribution in [-0.2, 0) is 9.47 Å². The normalized spacial score (nSPS) is 16.0. The van der Waals surface area contributed by atoms with Gasteiger partial charge in [-0.15, -0.1) is 0 Å². The second kappa shape index (κ2) is 7.28. The number of benzene rings is 1. The van der Waals surface area contributed by atoms with Crippen molar-refractivity contribution < 1.29 is 19.4 Å². The van der Waals surface area contributed by atoms with Crippen LogP contribution in [0, 0.1) is 0 Å². The van der Waals surface area contributed by atoms with Gasteiger partial charge in [-0.05, 0) is 31.0 Å². The molecule has 1 aromatic carbocycles. The largest absolute Gasteiger partial charge is 0.465 e. The fourth-order valence-corrected chi connectivity index (χ4v) is 2.53. The lowest BCUT2D eigenvalue weighted by Crippen LogP contribution is -2.37. The van der Waals surface area contributed by atoms with Crippen molar-refractivity contribution in [2.24, 2.45) is 0 Å². The summed E-state index contributed by atoms with van der Waals surface area (Å²) in [6.45, 7) is 2.14. The lowest BCUT2D eigenvalue weighted by Gasteiger charge is -2.33. The highest BCUT2D eigenvalue weighted by Crippen LogP contribution is 2.25. The van der Waals surface area contributed by atoms with Gasteiger partial charge in [0, 0.05) is 24.5 Å². The van der Waals surface area contributed by atoms with Crippen molar-refractivity contribution in [3.8, 4) is 0 Å². The van der Waals surface area contributed by atoms with Gasteiger partial charge in [0.15, 0.2) is 0 Å². The van der Waals surface area contributed by atoms with Gasteiger partial charge in [0.05, 0.1) is 32.0 Å². The Bertz CT molecular complexity index is 485. The monoisotopic (exact) mass is 294 g/mol. The number of nitrogens with zero attached hydrogens (tertiary/aromatic N) is 1. The van der Waals surface area contributed by atoms with Gasteiger partial charge in [-0.3, -0.25) is 0 Å². The van der Waals surface area contributed by atoms with Crippen LogP contribution in [0.25, 0.3) is 0 Å². The summed E-state index contributed by atoms with van der Waals surface area (Å²) in [5.41, 5.74) is 7.59. The molecule has 1 aromatic rings. The van der Waals surface area contributed by atoms with E-state index >= 15 is 0 Å². The van der Waals surface area contributed by atoms with Crippen molar-refractivity contribution in [3.63, 3.8) is 0 Å². The third-order valence-corrected chi connectivity index (χ3v) is 3.69. The molecule has 0 aliphatic carbocycles. The van der Waals surface area contributed by atoms with Crippen LogP contribution < -0.4 is 10.6 Å². The van der Waals surface area contributed by atoms with Gasteiger partial charge >= 0.3 is 5.97 Å². The smallest absolute Gasteiger partial charge is 0.340 e. The highest BCUT2D eigenvalue weighted by atomic mass is 16.5. The van der Waals surface area contributed by atoms with Crippen molar-refractivity contribution >= 4 is 17.3 Å². The van der Waals surface area contributed by atoms with E-state index in [0.717, 1.165) is 31.6 Å². The Balaban J connectivity index is 2.02. The molecule has 1 saturated heterocycles. The maximum absolute atomic E-state index is 11.7. The maximum atomic E-state index is 11.7. The SMILES string of the molecule is COC(=O)c1cc(N2CCC(OCCO)CC2)ccc1N. The molecule has 0 bridgehead atoms. The van der Waals surface area contributed by atoms with E-state index in [2.05, 4.69) is 4.90 Å². The Morgan fingerprint density at radius 2 is 2.14 bits per heavy atom. The van der Waals surface area contributed by atoms with Crippen LogP contribution in [0.2, 0.25) is 0 Å². The van der Waals surface area contributed by atoms with Gasteiger partial charge < -0.3 is 25.2 Å². The summed E-state index contributed by atoms with van der Waals surface area (Å²) in [6.07, 6.45) is 2.00. The molecule has 6 nitrogen and oxygen atoms in total. The standard InChI is InChI=1S/C15H22N2O4/c1-20-15(19)13-10-11(2-3-14(13)16)17-6-4-12(5-7-17)21-9-8-18/h2-3,10,12,18H,4-9,16H2,1H3. The van der Waals surface area contributed by atoms with Gasteiger partial charge in [-0.1, -0.05) is 0 Å². The van der Waals surface area contributed by atoms with Crippen LogP contribution in [0.1, 0.15) is 23.2 Å². The minimum atomic E-state index is -0.421. The molecule has 2 rings (SSSR count). The number of esters is 1. The zero-order chi connectivity index (χ0) is 15.2. The summed E-state index contributed by atoms with van der Waals surface area (Å²) in [4.78, 5) is 13.9. The van der Waals surface area contributed by atoms with E-state index in [0.29, 0.717) is 17.9 Å². The molecule has 0 aromatic heterocycles. The summed E-state index contributed by atoms with van der Waals surface area (Å²) in [5.74, 6) is -0.421. The van der Waals surface area contributed by atoms with Crippen LogP contribution in [0.4, 0.5) is 11.4 Å². The van der Waals surface area contributed by atoms with Gasteiger partial charge in [0.1, 0.15) is 0 Å². The number of aliphatic hydroxyl groups is 1. The molecule has 1 aliphatic heterocycles. The van der Waals surface area contributed by atoms with E-state index in [1.54, 1.807) is 12.1 Å². The first kappa shape index (κ1) is 15.6. The molecule has 0 spiro atoms. The predicted molar refractivity (Wildman–Crippen MR) is 80.5 cm³/mol. The zero-order valence-corrected chi connectivity index (χ0v) is 12.2. The number of aliphatic hydroxyl groups excluding tert-OH is 1. The van der Waals surface area contributed by atoms with Crippen molar-refractivity contribution in [1.82, 2.24) is 0 Å². The fourth-order valence-electron chi connectivity index (χ4n) is 2.53. The summed E-state index contributed by atoms with van der Waals surface area (Å²) in [6, 6.07) is 5.42. The number of carbonyl (C=O) groups is 1. The van der Waals surface area contributed by atoms with Crippen LogP contribution in [0.3, 0.4) is 0 Å². The predicted octanol–water partition coefficient (Wildman–Crippen LogP) is 1.03. The Morgan fingerprint density at radius 3 is 2.76 bits per heavy atom. The van der Waals surface area contributed by atoms with E-state index in [1.807, 2.05) is 6.07 Å². The van der Waals surface area contributed by atoms with Crippen molar-refractivity contribution in [3.05, 3.63) is 23.8 Å². The number of nitrogen functional groups attached to an aromatic ring is 1. The van der Waals surface area contributed by atoms with Gasteiger partial charge in [-0.25, -0.2) is 4.79 Å². The van der Waals surface area contributed by atoms with Crippen LogP contribution in [0.5, 0.6) is 0 Å². The molecule has 1 fully saturated rings. The molecule has 0 saturated carbocycles. The number of rotatable bonds is 5. The first-order valence-corrected chi connectivity index (χ1v) is 7.11. The minimum Gasteiger partial charge on any atom is -0.465 e. The molecule has 6 heteroatoms. The molecular formula is C15H22N2O4. The third kappa shape index (κ3) is 3.86. The van der Waals surface area contributed by atoms with E-state index < -0.39 is 5.97 Å². The fraction of sp³-hybridized carbons (Fsp3) is 0.533. The molecule has 1 heterocycles. The number of hydrogen-bond donors (Lipinski definition) is 2. The molecule has 0 amide bonds. The summed E-state index contributed by atoms with van der Waals surface area (Å²) < 4.78 is 10.3. The first-order chi connectivity index (χ1) is 10.2. The van der Waals surface area contributed by atoms with E-state index in [9.17, 15) is 4.79 Å². The van der Waals surface area contributed by atoms with E-state index in [4.69, 9.17) is 20.3 Å². The maximum Gasteiger partial charge on any atom is 0.340 e. The molecule has 1 aliphatic rings. The van der Waals surface area contributed by atoms with Crippen LogP contribution >= 0.6 is 0 Å². The highest BCUT2D eigenvalue weighted by molar-refractivity contribution is 5.96. The number of carbonyl (C=O) groups excluding carboxylic acids is 1. The number of hydrogen-bond acceptors (Lipinski definition) is 6. The molecule has 3 N–H and O–H groups in total. The van der Waals surface area contributed by atoms with Crippen molar-refractivity contribution in [2.75, 3.05) is 44.0 Å². The third-order valence-electron chi connectivity index (χ3n) is 3.69. The van der Waals surface area contributed by atoms with E-state index in [1.165, 1.54) is 7.11 Å². The minimum absolute atomic E-state index is 0.0562. The van der Waals surface area contributed by atoms with Crippen LogP contribution in [0.15, 0.2) is 18.2 Å². The highest BCUT2D eigenvalue weighted by Gasteiger charge is 2.21. The summed E-state index contributed by atoms with van der Waals surface area (Å²) >= 11 is 0. The second-order valence-electron chi connectivity index (χ2n) is 5.04. The number of nitrogens with two attached hydrogens (primary N) is 1. The Hall–Kier alpha value is -1.79. The average Bonchev–Trinajstić information content (AvgIpc) is 2.53. The average molecular weight is 294 g/mol. The van der Waals surface area contributed by atoms with E-state index in [-0.39, 0.29) is 12.7 Å². The van der Waals surface area contributed by atoms with Gasteiger partial charge in [-0.2, -0.15) is 0 Å². The Morgan fingerprint density at radius 1 is 1.43 bits per heavy atom. The Kier molecular flexibility index (Phi) is 5.41. The van der Waals surface area contributed by atoms with Gasteiger partial charge in [0.2, 0.25) is 0 Å². The second-order valence-corrected chi connectivity index (χ2v) is 5.04. The number of piperidine rings is 1. The van der Waals surface area contributed by atoms with Gasteiger partial charge in [0.25, 0.3) is 0 Å². The molecule has 21 heavy (non-hydrogen) atoms. The first-order valence-electron chi connectivity index (χ1n) is 7.11. The molecular weight excluding hydrogens is 272 g/mol. The Labute approximate surface area is 124 Å². The van der Waals surface area contributed by atoms with Crippen molar-refractivity contribution in [2.45, 2.75) is 18.9 Å². The summed E-state index contributed by atoms with van der Waals surface area (Å²) in [7, 11) is 1.35. The molecule has 0 unspecified atom stereocenters. The lowest BCUT2D eigenvalue weighted by molar-refractivity contribution is 0.0159. The summed E-state index contributed by atoms with van der Waals surface area (Å²) in [5, 5.41) is 8.77. The van der Waals surface area contributed by atoms with Crippen molar-refractivity contribution in [1.29, 1.82) is 0 Å². The number of ether oxygens (including phenoxy) is 2. The van der Waals surface area contributed by atoms with Crippen LogP contribution in [-0.4, -0.2) is 50.6 Å².